The summed E-state index contributed by atoms with van der Waals surface area (Å²) in [6.07, 6.45) is 1.44. The van der Waals surface area contributed by atoms with Gasteiger partial charge in [0, 0.05) is 6.54 Å². The fourth-order valence-corrected chi connectivity index (χ4v) is 3.92. The fourth-order valence-electron chi connectivity index (χ4n) is 3.16. The lowest BCUT2D eigenvalue weighted by Gasteiger charge is -2.16. The maximum absolute atomic E-state index is 12.5. The third-order valence-electron chi connectivity index (χ3n) is 4.80. The Labute approximate surface area is 192 Å². The Morgan fingerprint density at radius 2 is 1.81 bits per heavy atom. The van der Waals surface area contributed by atoms with E-state index in [0.717, 1.165) is 11.3 Å². The Morgan fingerprint density at radius 1 is 1.12 bits per heavy atom. The number of hydrogen-bond donors (Lipinski definition) is 1. The lowest BCUT2D eigenvalue weighted by atomic mass is 10.1. The number of thioether (sulfide) groups is 1. The molecule has 0 bridgehead atoms. The molecule has 2 unspecified atom stereocenters. The maximum Gasteiger partial charge on any atom is 0.230 e. The molecule has 0 saturated heterocycles. The smallest absolute Gasteiger partial charge is 0.230 e. The quantitative estimate of drug-likeness (QED) is 0.339. The Morgan fingerprint density at radius 3 is 2.47 bits per heavy atom. The molecule has 7 nitrogen and oxygen atoms in total. The van der Waals surface area contributed by atoms with E-state index in [4.69, 9.17) is 9.47 Å². The molecule has 168 valence electrons. The molecule has 0 spiro atoms. The SMILES string of the molecule is C=CCn1c(SCC(=O)NC(C)c2ccccc2)nnc1C(C)Oc1ccc(OC)cc1. The van der Waals surface area contributed by atoms with Crippen LogP contribution >= 0.6 is 11.8 Å². The molecule has 1 heterocycles. The highest BCUT2D eigenvalue weighted by Gasteiger charge is 2.20. The van der Waals surface area contributed by atoms with Crippen LogP contribution in [0, 0.1) is 0 Å². The number of ether oxygens (including phenoxy) is 2. The van der Waals surface area contributed by atoms with Crippen molar-refractivity contribution in [1.82, 2.24) is 20.1 Å². The second-order valence-electron chi connectivity index (χ2n) is 7.16. The highest BCUT2D eigenvalue weighted by Crippen LogP contribution is 2.26. The molecule has 0 aliphatic heterocycles. The van der Waals surface area contributed by atoms with Gasteiger partial charge in [0.25, 0.3) is 0 Å². The van der Waals surface area contributed by atoms with Crippen LogP contribution in [0.4, 0.5) is 0 Å². The van der Waals surface area contributed by atoms with Gasteiger partial charge in [0.15, 0.2) is 17.1 Å². The van der Waals surface area contributed by atoms with E-state index in [1.54, 1.807) is 13.2 Å². The average molecular weight is 453 g/mol. The first-order valence-corrected chi connectivity index (χ1v) is 11.3. The fraction of sp³-hybridized carbons (Fsp3) is 0.292. The molecule has 0 aliphatic rings. The first-order valence-electron chi connectivity index (χ1n) is 10.3. The standard InChI is InChI=1S/C24H28N4O3S/c1-5-15-28-23(18(3)31-21-13-11-20(30-4)12-14-21)26-27-24(28)32-16-22(29)25-17(2)19-9-7-6-8-10-19/h5-14,17-18H,1,15-16H2,2-4H3,(H,25,29). The Balaban J connectivity index is 1.63. The number of carbonyl (C=O) groups excluding carboxylic acids is 1. The van der Waals surface area contributed by atoms with Gasteiger partial charge >= 0.3 is 0 Å². The van der Waals surface area contributed by atoms with Crippen molar-refractivity contribution in [2.24, 2.45) is 0 Å². The molecule has 0 saturated carbocycles. The van der Waals surface area contributed by atoms with Crippen LogP contribution in [-0.4, -0.2) is 33.5 Å². The van der Waals surface area contributed by atoms with Crippen LogP contribution in [0.15, 0.2) is 72.4 Å². The molecule has 2 atom stereocenters. The van der Waals surface area contributed by atoms with Gasteiger partial charge in [-0.2, -0.15) is 0 Å². The number of nitrogens with one attached hydrogen (secondary N) is 1. The summed E-state index contributed by atoms with van der Waals surface area (Å²) in [7, 11) is 1.62. The van der Waals surface area contributed by atoms with Crippen LogP contribution in [0.5, 0.6) is 11.5 Å². The number of methoxy groups -OCH3 is 1. The molecular weight excluding hydrogens is 424 g/mol. The second kappa shape index (κ2) is 11.4. The lowest BCUT2D eigenvalue weighted by Crippen LogP contribution is -2.28. The minimum Gasteiger partial charge on any atom is -0.497 e. The molecule has 1 amide bonds. The van der Waals surface area contributed by atoms with Crippen molar-refractivity contribution in [2.75, 3.05) is 12.9 Å². The van der Waals surface area contributed by atoms with Crippen LogP contribution in [0.3, 0.4) is 0 Å². The van der Waals surface area contributed by atoms with Gasteiger partial charge in [-0.05, 0) is 43.7 Å². The predicted octanol–water partition coefficient (Wildman–Crippen LogP) is 4.58. The molecule has 0 fully saturated rings. The largest absolute Gasteiger partial charge is 0.497 e. The van der Waals surface area contributed by atoms with Gasteiger partial charge in [0.05, 0.1) is 18.9 Å². The van der Waals surface area contributed by atoms with E-state index >= 15 is 0 Å². The van der Waals surface area contributed by atoms with Crippen molar-refractivity contribution >= 4 is 17.7 Å². The minimum absolute atomic E-state index is 0.0659. The van der Waals surface area contributed by atoms with Gasteiger partial charge in [-0.1, -0.05) is 48.2 Å². The van der Waals surface area contributed by atoms with Crippen LogP contribution in [-0.2, 0) is 11.3 Å². The molecule has 1 aromatic heterocycles. The lowest BCUT2D eigenvalue weighted by molar-refractivity contribution is -0.119. The molecule has 1 N–H and O–H groups in total. The Bertz CT molecular complexity index is 1020. The van der Waals surface area contributed by atoms with Gasteiger partial charge in [-0.15, -0.1) is 16.8 Å². The summed E-state index contributed by atoms with van der Waals surface area (Å²) in [6.45, 7) is 8.23. The van der Waals surface area contributed by atoms with E-state index in [-0.39, 0.29) is 23.8 Å². The monoisotopic (exact) mass is 452 g/mol. The summed E-state index contributed by atoms with van der Waals surface area (Å²) in [4.78, 5) is 12.5. The van der Waals surface area contributed by atoms with Crippen molar-refractivity contribution in [3.05, 3.63) is 78.6 Å². The highest BCUT2D eigenvalue weighted by atomic mass is 32.2. The number of rotatable bonds is 11. The van der Waals surface area contributed by atoms with Crippen molar-refractivity contribution in [3.8, 4) is 11.5 Å². The zero-order valence-electron chi connectivity index (χ0n) is 18.5. The van der Waals surface area contributed by atoms with Crippen molar-refractivity contribution in [2.45, 2.75) is 37.7 Å². The summed E-state index contributed by atoms with van der Waals surface area (Å²) in [5.74, 6) is 2.30. The summed E-state index contributed by atoms with van der Waals surface area (Å²) < 4.78 is 13.1. The number of allylic oxidation sites excluding steroid dienone is 1. The predicted molar refractivity (Wildman–Crippen MR) is 126 cm³/mol. The Kier molecular flexibility index (Phi) is 8.33. The molecule has 8 heteroatoms. The van der Waals surface area contributed by atoms with Crippen LogP contribution in [0.1, 0.15) is 37.4 Å². The van der Waals surface area contributed by atoms with Gasteiger partial charge in [-0.25, -0.2) is 0 Å². The second-order valence-corrected chi connectivity index (χ2v) is 8.11. The molecular formula is C24H28N4O3S. The summed E-state index contributed by atoms with van der Waals surface area (Å²) in [5.41, 5.74) is 1.06. The summed E-state index contributed by atoms with van der Waals surface area (Å²) in [6, 6.07) is 17.2. The van der Waals surface area contributed by atoms with Gasteiger partial charge in [-0.3, -0.25) is 9.36 Å². The van der Waals surface area contributed by atoms with Crippen LogP contribution in [0.25, 0.3) is 0 Å². The van der Waals surface area contributed by atoms with E-state index in [1.165, 1.54) is 11.8 Å². The van der Waals surface area contributed by atoms with Crippen molar-refractivity contribution < 1.29 is 14.3 Å². The normalized spacial score (nSPS) is 12.6. The van der Waals surface area contributed by atoms with Gasteiger partial charge in [0.2, 0.25) is 5.91 Å². The number of nitrogens with zero attached hydrogens (tertiary/aromatic N) is 3. The number of hydrogen-bond acceptors (Lipinski definition) is 6. The van der Waals surface area contributed by atoms with E-state index in [9.17, 15) is 4.79 Å². The molecule has 3 aromatic rings. The zero-order valence-corrected chi connectivity index (χ0v) is 19.3. The Hall–Kier alpha value is -3.26. The van der Waals surface area contributed by atoms with Crippen LogP contribution in [0.2, 0.25) is 0 Å². The van der Waals surface area contributed by atoms with E-state index < -0.39 is 0 Å². The molecule has 2 aromatic carbocycles. The number of benzene rings is 2. The van der Waals surface area contributed by atoms with E-state index in [2.05, 4.69) is 22.1 Å². The molecule has 3 rings (SSSR count). The number of amides is 1. The number of aromatic nitrogens is 3. The van der Waals surface area contributed by atoms with E-state index in [1.807, 2.05) is 73.0 Å². The third-order valence-corrected chi connectivity index (χ3v) is 5.77. The number of carbonyl (C=O) groups is 1. The third kappa shape index (κ3) is 6.13. The average Bonchev–Trinajstić information content (AvgIpc) is 3.21. The molecule has 0 radical (unpaired) electrons. The topological polar surface area (TPSA) is 78.3 Å². The van der Waals surface area contributed by atoms with E-state index in [0.29, 0.717) is 23.3 Å². The van der Waals surface area contributed by atoms with Crippen molar-refractivity contribution in [3.63, 3.8) is 0 Å². The summed E-state index contributed by atoms with van der Waals surface area (Å²) in [5, 5.41) is 12.3. The molecule has 0 aliphatic carbocycles. The minimum atomic E-state index is -0.336. The highest BCUT2D eigenvalue weighted by molar-refractivity contribution is 7.99. The van der Waals surface area contributed by atoms with Gasteiger partial charge in [0.1, 0.15) is 11.5 Å². The summed E-state index contributed by atoms with van der Waals surface area (Å²) >= 11 is 1.34. The maximum atomic E-state index is 12.5. The first kappa shape index (κ1) is 23.4. The zero-order chi connectivity index (χ0) is 22.9. The van der Waals surface area contributed by atoms with Gasteiger partial charge < -0.3 is 14.8 Å². The molecule has 32 heavy (non-hydrogen) atoms. The van der Waals surface area contributed by atoms with Crippen LogP contribution < -0.4 is 14.8 Å². The van der Waals surface area contributed by atoms with Crippen molar-refractivity contribution in [1.29, 1.82) is 0 Å². The first-order chi connectivity index (χ1) is 15.5.